The summed E-state index contributed by atoms with van der Waals surface area (Å²) in [7, 11) is 1.69. The number of amides is 1. The van der Waals surface area contributed by atoms with E-state index in [9.17, 15) is 4.79 Å². The van der Waals surface area contributed by atoms with Crippen molar-refractivity contribution in [2.45, 2.75) is 97.9 Å². The highest BCUT2D eigenvalue weighted by atomic mass is 16.5. The lowest BCUT2D eigenvalue weighted by molar-refractivity contribution is -0.131. The minimum absolute atomic E-state index is 0.188. The molecule has 1 aliphatic carbocycles. The van der Waals surface area contributed by atoms with E-state index < -0.39 is 5.54 Å². The Morgan fingerprint density at radius 2 is 1.81 bits per heavy atom. The highest BCUT2D eigenvalue weighted by Crippen LogP contribution is 2.40. The Morgan fingerprint density at radius 1 is 1.05 bits per heavy atom. The molecule has 2 heterocycles. The van der Waals surface area contributed by atoms with Crippen LogP contribution in [0.2, 0.25) is 0 Å². The quantitative estimate of drug-likeness (QED) is 0.184. The lowest BCUT2D eigenvalue weighted by Gasteiger charge is -2.25. The number of unbranched alkanes of at least 4 members (excludes halogenated alkanes) is 1. The summed E-state index contributed by atoms with van der Waals surface area (Å²) in [5.74, 6) is 2.74. The number of aryl methyl sites for hydroxylation is 1. The van der Waals surface area contributed by atoms with E-state index in [1.165, 1.54) is 0 Å². The SMILES string of the molecule is CCCCC1=NC2(CCCC2)C(=O)N1Cc1ccc(-c2ccccc2CN(COC)c2noc(C)c2C)c(COCC)c1. The topological polar surface area (TPSA) is 80.4 Å². The molecule has 1 spiro atoms. The summed E-state index contributed by atoms with van der Waals surface area (Å²) in [5.41, 5.74) is 6.09. The third-order valence-electron chi connectivity index (χ3n) is 8.84. The van der Waals surface area contributed by atoms with Crippen LogP contribution < -0.4 is 4.90 Å². The molecule has 2 aliphatic rings. The number of carbonyl (C=O) groups is 1. The second kappa shape index (κ2) is 13.9. The lowest BCUT2D eigenvalue weighted by atomic mass is 9.93. The van der Waals surface area contributed by atoms with Gasteiger partial charge in [-0.25, -0.2) is 0 Å². The Bertz CT molecular complexity index is 1440. The van der Waals surface area contributed by atoms with Crippen molar-refractivity contribution < 1.29 is 18.8 Å². The number of ether oxygens (including phenoxy) is 2. The Morgan fingerprint density at radius 3 is 2.51 bits per heavy atom. The first-order valence-corrected chi connectivity index (χ1v) is 15.8. The van der Waals surface area contributed by atoms with Crippen molar-refractivity contribution in [2.24, 2.45) is 4.99 Å². The Hall–Kier alpha value is -3.49. The third kappa shape index (κ3) is 6.55. The third-order valence-corrected chi connectivity index (χ3v) is 8.84. The number of nitrogens with zero attached hydrogens (tertiary/aromatic N) is 4. The summed E-state index contributed by atoms with van der Waals surface area (Å²) in [5, 5.41) is 4.32. The maximum Gasteiger partial charge on any atom is 0.256 e. The molecule has 1 saturated carbocycles. The molecule has 2 aromatic carbocycles. The van der Waals surface area contributed by atoms with E-state index in [2.05, 4.69) is 59.4 Å². The first-order valence-electron chi connectivity index (χ1n) is 15.8. The summed E-state index contributed by atoms with van der Waals surface area (Å²) in [6.07, 6.45) is 6.87. The number of rotatable bonds is 14. The van der Waals surface area contributed by atoms with Gasteiger partial charge >= 0.3 is 0 Å². The summed E-state index contributed by atoms with van der Waals surface area (Å²) in [6.45, 7) is 10.8. The monoisotopic (exact) mass is 586 g/mol. The van der Waals surface area contributed by atoms with Gasteiger partial charge in [-0.05, 0) is 67.9 Å². The van der Waals surface area contributed by atoms with Crippen molar-refractivity contribution in [1.82, 2.24) is 10.1 Å². The first-order chi connectivity index (χ1) is 20.9. The highest BCUT2D eigenvalue weighted by Gasteiger charge is 2.49. The van der Waals surface area contributed by atoms with Gasteiger partial charge < -0.3 is 18.9 Å². The van der Waals surface area contributed by atoms with E-state index in [-0.39, 0.29) is 5.91 Å². The van der Waals surface area contributed by atoms with Gasteiger partial charge in [0.25, 0.3) is 5.91 Å². The Kier molecular flexibility index (Phi) is 9.98. The molecule has 0 N–H and O–H groups in total. The van der Waals surface area contributed by atoms with Crippen LogP contribution in [0, 0.1) is 13.8 Å². The number of carbonyl (C=O) groups excluding carboxylic acids is 1. The van der Waals surface area contributed by atoms with E-state index in [0.717, 1.165) is 95.7 Å². The number of amidine groups is 1. The maximum atomic E-state index is 13.8. The molecule has 1 amide bonds. The van der Waals surface area contributed by atoms with Crippen molar-refractivity contribution in [2.75, 3.05) is 25.3 Å². The minimum Gasteiger partial charge on any atom is -0.377 e. The number of methoxy groups -OCH3 is 1. The number of anilines is 1. The van der Waals surface area contributed by atoms with Gasteiger partial charge in [-0.2, -0.15) is 0 Å². The molecule has 1 fully saturated rings. The molecule has 1 aromatic heterocycles. The van der Waals surface area contributed by atoms with Crippen LogP contribution in [0.15, 0.2) is 52.0 Å². The first kappa shape index (κ1) is 31.0. The van der Waals surface area contributed by atoms with Crippen LogP contribution in [-0.2, 0) is 34.0 Å². The van der Waals surface area contributed by atoms with Crippen molar-refractivity contribution >= 4 is 17.6 Å². The number of benzene rings is 2. The average Bonchev–Trinajstić information content (AvgIpc) is 3.70. The standard InChI is InChI=1S/C35H46N4O4/c1-6-8-15-32-36-35(18-11-12-19-35)34(40)39(32)21-27-16-17-31(29(20-27)23-42-7-2)30-14-10-9-13-28(30)22-38(24-41-5)33-25(3)26(4)43-37-33/h9-10,13-14,16-17,20H,6-8,11-12,15,18-19,21-24H2,1-5H3. The second-order valence-corrected chi connectivity index (χ2v) is 11.9. The predicted molar refractivity (Wildman–Crippen MR) is 170 cm³/mol. The van der Waals surface area contributed by atoms with Crippen LogP contribution in [-0.4, -0.2) is 47.8 Å². The van der Waals surface area contributed by atoms with Gasteiger partial charge in [-0.1, -0.05) is 73.8 Å². The molecule has 0 saturated heterocycles. The summed E-state index contributed by atoms with van der Waals surface area (Å²) < 4.78 is 17.0. The smallest absolute Gasteiger partial charge is 0.256 e. The van der Waals surface area contributed by atoms with E-state index >= 15 is 0 Å². The van der Waals surface area contributed by atoms with Gasteiger partial charge in [0.2, 0.25) is 0 Å². The van der Waals surface area contributed by atoms with Crippen molar-refractivity contribution in [3.05, 3.63) is 70.5 Å². The molecule has 8 heteroatoms. The van der Waals surface area contributed by atoms with Crippen LogP contribution in [0.4, 0.5) is 5.82 Å². The van der Waals surface area contributed by atoms with Gasteiger partial charge in [-0.15, -0.1) is 0 Å². The maximum absolute atomic E-state index is 13.8. The van der Waals surface area contributed by atoms with Crippen molar-refractivity contribution in [3.8, 4) is 11.1 Å². The second-order valence-electron chi connectivity index (χ2n) is 11.9. The largest absolute Gasteiger partial charge is 0.377 e. The summed E-state index contributed by atoms with van der Waals surface area (Å²) in [4.78, 5) is 22.9. The van der Waals surface area contributed by atoms with Gasteiger partial charge in [0.1, 0.15) is 23.9 Å². The number of aliphatic imine (C=N–C) groups is 1. The zero-order chi connectivity index (χ0) is 30.4. The highest BCUT2D eigenvalue weighted by molar-refractivity contribution is 6.08. The molecule has 0 unspecified atom stereocenters. The van der Waals surface area contributed by atoms with E-state index in [1.807, 2.05) is 25.7 Å². The van der Waals surface area contributed by atoms with Gasteiger partial charge in [-0.3, -0.25) is 14.7 Å². The van der Waals surface area contributed by atoms with E-state index in [0.29, 0.717) is 33.0 Å². The summed E-state index contributed by atoms with van der Waals surface area (Å²) >= 11 is 0. The normalized spacial score (nSPS) is 16.0. The number of aromatic nitrogens is 1. The predicted octanol–water partition coefficient (Wildman–Crippen LogP) is 7.35. The van der Waals surface area contributed by atoms with Gasteiger partial charge in [0.05, 0.1) is 13.2 Å². The van der Waals surface area contributed by atoms with E-state index in [1.54, 1.807) is 7.11 Å². The van der Waals surface area contributed by atoms with Crippen LogP contribution in [0.25, 0.3) is 11.1 Å². The van der Waals surface area contributed by atoms with Crippen LogP contribution in [0.5, 0.6) is 0 Å². The fraction of sp³-hybridized carbons (Fsp3) is 0.514. The molecule has 3 aromatic rings. The molecule has 0 atom stereocenters. The van der Waals surface area contributed by atoms with Crippen LogP contribution in [0.3, 0.4) is 0 Å². The molecule has 0 radical (unpaired) electrons. The molecular weight excluding hydrogens is 540 g/mol. The van der Waals surface area contributed by atoms with Crippen LogP contribution >= 0.6 is 0 Å². The molecule has 5 rings (SSSR count). The number of hydrogen-bond donors (Lipinski definition) is 0. The fourth-order valence-corrected chi connectivity index (χ4v) is 6.39. The molecule has 0 bridgehead atoms. The molecule has 8 nitrogen and oxygen atoms in total. The zero-order valence-corrected chi connectivity index (χ0v) is 26.4. The molecule has 230 valence electrons. The van der Waals surface area contributed by atoms with Crippen LogP contribution in [0.1, 0.15) is 86.8 Å². The van der Waals surface area contributed by atoms with Crippen molar-refractivity contribution in [1.29, 1.82) is 0 Å². The Labute approximate surface area is 256 Å². The average molecular weight is 587 g/mol. The van der Waals surface area contributed by atoms with E-state index in [4.69, 9.17) is 19.0 Å². The Balaban J connectivity index is 1.46. The zero-order valence-electron chi connectivity index (χ0n) is 26.4. The molecule has 1 aliphatic heterocycles. The lowest BCUT2D eigenvalue weighted by Crippen LogP contribution is -2.40. The van der Waals surface area contributed by atoms with Gasteiger partial charge in [0, 0.05) is 32.2 Å². The molecular formula is C35H46N4O4. The van der Waals surface area contributed by atoms with Crippen molar-refractivity contribution in [3.63, 3.8) is 0 Å². The summed E-state index contributed by atoms with van der Waals surface area (Å²) in [6, 6.07) is 15.0. The van der Waals surface area contributed by atoms with Gasteiger partial charge in [0.15, 0.2) is 5.82 Å². The molecule has 43 heavy (non-hydrogen) atoms. The fourth-order valence-electron chi connectivity index (χ4n) is 6.39. The minimum atomic E-state index is -0.523. The number of hydrogen-bond acceptors (Lipinski definition) is 7.